The van der Waals surface area contributed by atoms with Gasteiger partial charge in [0.05, 0.1) is 4.92 Å². The SMILES string of the molecule is O=[N+]([O-])c1ccc(-c2nnc(/C=C/c3ccccc3)o2)cc1. The molecule has 0 fully saturated rings. The van der Waals surface area contributed by atoms with Crippen molar-refractivity contribution in [1.82, 2.24) is 10.2 Å². The predicted molar refractivity (Wildman–Crippen MR) is 81.8 cm³/mol. The summed E-state index contributed by atoms with van der Waals surface area (Å²) in [6.45, 7) is 0. The maximum absolute atomic E-state index is 10.6. The van der Waals surface area contributed by atoms with Crippen LogP contribution < -0.4 is 0 Å². The normalized spacial score (nSPS) is 10.9. The van der Waals surface area contributed by atoms with E-state index < -0.39 is 4.92 Å². The van der Waals surface area contributed by atoms with Crippen molar-refractivity contribution < 1.29 is 9.34 Å². The molecular weight excluding hydrogens is 282 g/mol. The second kappa shape index (κ2) is 6.01. The average molecular weight is 293 g/mol. The van der Waals surface area contributed by atoms with Crippen molar-refractivity contribution in [1.29, 1.82) is 0 Å². The van der Waals surface area contributed by atoms with Gasteiger partial charge in [-0.25, -0.2) is 0 Å². The van der Waals surface area contributed by atoms with Gasteiger partial charge in [-0.15, -0.1) is 10.2 Å². The van der Waals surface area contributed by atoms with Gasteiger partial charge < -0.3 is 4.42 Å². The lowest BCUT2D eigenvalue weighted by Gasteiger charge is -1.94. The summed E-state index contributed by atoms with van der Waals surface area (Å²) in [7, 11) is 0. The fourth-order valence-electron chi connectivity index (χ4n) is 1.88. The van der Waals surface area contributed by atoms with Crippen LogP contribution in [0.2, 0.25) is 0 Å². The van der Waals surface area contributed by atoms with Crippen molar-refractivity contribution in [3.63, 3.8) is 0 Å². The van der Waals surface area contributed by atoms with Gasteiger partial charge in [0.15, 0.2) is 0 Å². The standard InChI is InChI=1S/C16H11N3O3/c20-19(21)14-9-7-13(8-10-14)16-18-17-15(22-16)11-6-12-4-2-1-3-5-12/h1-11H/b11-6+. The molecule has 6 heteroatoms. The first-order chi connectivity index (χ1) is 10.7. The highest BCUT2D eigenvalue weighted by atomic mass is 16.6. The molecule has 0 N–H and O–H groups in total. The zero-order chi connectivity index (χ0) is 15.4. The summed E-state index contributed by atoms with van der Waals surface area (Å²) in [6.07, 6.45) is 3.59. The minimum absolute atomic E-state index is 0.0208. The van der Waals surface area contributed by atoms with Gasteiger partial charge in [0.1, 0.15) is 0 Å². The molecule has 2 aromatic carbocycles. The van der Waals surface area contributed by atoms with Crippen LogP contribution in [0.3, 0.4) is 0 Å². The molecule has 0 saturated carbocycles. The molecule has 108 valence electrons. The molecule has 1 heterocycles. The molecule has 0 bridgehead atoms. The van der Waals surface area contributed by atoms with Gasteiger partial charge in [-0.05, 0) is 23.8 Å². The van der Waals surface area contributed by atoms with E-state index in [0.717, 1.165) is 5.56 Å². The van der Waals surface area contributed by atoms with Crippen molar-refractivity contribution in [2.24, 2.45) is 0 Å². The van der Waals surface area contributed by atoms with Crippen LogP contribution in [-0.4, -0.2) is 15.1 Å². The van der Waals surface area contributed by atoms with Gasteiger partial charge >= 0.3 is 0 Å². The Bertz CT molecular complexity index is 808. The number of nitro groups is 1. The number of aromatic nitrogens is 2. The Morgan fingerprint density at radius 2 is 1.68 bits per heavy atom. The van der Waals surface area contributed by atoms with E-state index in [0.29, 0.717) is 17.3 Å². The molecule has 0 saturated heterocycles. The molecular formula is C16H11N3O3. The molecule has 3 rings (SSSR count). The Kier molecular flexibility index (Phi) is 3.74. The van der Waals surface area contributed by atoms with Crippen LogP contribution in [0.5, 0.6) is 0 Å². The van der Waals surface area contributed by atoms with E-state index in [1.165, 1.54) is 12.1 Å². The van der Waals surface area contributed by atoms with Crippen LogP contribution in [0.4, 0.5) is 5.69 Å². The number of rotatable bonds is 4. The molecule has 0 atom stereocenters. The van der Waals surface area contributed by atoms with Gasteiger partial charge in [0, 0.05) is 23.8 Å². The molecule has 6 nitrogen and oxygen atoms in total. The second-order valence-electron chi connectivity index (χ2n) is 4.49. The van der Waals surface area contributed by atoms with E-state index >= 15 is 0 Å². The smallest absolute Gasteiger partial charge is 0.269 e. The molecule has 3 aromatic rings. The Morgan fingerprint density at radius 1 is 0.955 bits per heavy atom. The molecule has 1 aromatic heterocycles. The fourth-order valence-corrected chi connectivity index (χ4v) is 1.88. The van der Waals surface area contributed by atoms with E-state index in [1.807, 2.05) is 36.4 Å². The van der Waals surface area contributed by atoms with E-state index in [9.17, 15) is 10.1 Å². The lowest BCUT2D eigenvalue weighted by molar-refractivity contribution is -0.384. The van der Waals surface area contributed by atoms with E-state index in [1.54, 1.807) is 18.2 Å². The largest absolute Gasteiger partial charge is 0.417 e. The quantitative estimate of drug-likeness (QED) is 0.539. The predicted octanol–water partition coefficient (Wildman–Crippen LogP) is 3.82. The van der Waals surface area contributed by atoms with Gasteiger partial charge in [-0.2, -0.15) is 0 Å². The monoisotopic (exact) mass is 293 g/mol. The molecule has 0 unspecified atom stereocenters. The number of nitro benzene ring substituents is 1. The van der Waals surface area contributed by atoms with E-state index in [-0.39, 0.29) is 5.69 Å². The highest BCUT2D eigenvalue weighted by molar-refractivity contribution is 5.66. The Labute approximate surface area is 125 Å². The number of hydrogen-bond acceptors (Lipinski definition) is 5. The summed E-state index contributed by atoms with van der Waals surface area (Å²) in [5.74, 6) is 0.694. The topological polar surface area (TPSA) is 82.1 Å². The average Bonchev–Trinajstić information content (AvgIpc) is 3.03. The minimum Gasteiger partial charge on any atom is -0.417 e. The summed E-state index contributed by atoms with van der Waals surface area (Å²) >= 11 is 0. The Morgan fingerprint density at radius 3 is 2.36 bits per heavy atom. The first-order valence-electron chi connectivity index (χ1n) is 6.54. The zero-order valence-electron chi connectivity index (χ0n) is 11.4. The number of nitrogens with zero attached hydrogens (tertiary/aromatic N) is 3. The van der Waals surface area contributed by atoms with Crippen molar-refractivity contribution >= 4 is 17.8 Å². The summed E-state index contributed by atoms with van der Waals surface area (Å²) in [4.78, 5) is 10.2. The second-order valence-corrected chi connectivity index (χ2v) is 4.49. The maximum Gasteiger partial charge on any atom is 0.269 e. The van der Waals surface area contributed by atoms with E-state index in [2.05, 4.69) is 10.2 Å². The summed E-state index contributed by atoms with van der Waals surface area (Å²) < 4.78 is 5.51. The molecule has 0 aliphatic rings. The number of benzene rings is 2. The molecule has 0 aliphatic heterocycles. The lowest BCUT2D eigenvalue weighted by atomic mass is 10.2. The number of hydrogen-bond donors (Lipinski definition) is 0. The van der Waals surface area contributed by atoms with Crippen LogP contribution >= 0.6 is 0 Å². The van der Waals surface area contributed by atoms with Gasteiger partial charge in [-0.1, -0.05) is 30.3 Å². The summed E-state index contributed by atoms with van der Waals surface area (Å²) in [5, 5.41) is 18.5. The Hall–Kier alpha value is -3.28. The molecule has 22 heavy (non-hydrogen) atoms. The van der Waals surface area contributed by atoms with Gasteiger partial charge in [0.25, 0.3) is 5.69 Å². The maximum atomic E-state index is 10.6. The third kappa shape index (κ3) is 3.06. The van der Waals surface area contributed by atoms with Crippen molar-refractivity contribution in [2.75, 3.05) is 0 Å². The van der Waals surface area contributed by atoms with Crippen LogP contribution in [0.25, 0.3) is 23.6 Å². The third-order valence-corrected chi connectivity index (χ3v) is 2.98. The highest BCUT2D eigenvalue weighted by Gasteiger charge is 2.09. The third-order valence-electron chi connectivity index (χ3n) is 2.98. The Balaban J connectivity index is 1.79. The molecule has 0 amide bonds. The molecule has 0 aliphatic carbocycles. The van der Waals surface area contributed by atoms with Crippen LogP contribution in [-0.2, 0) is 0 Å². The highest BCUT2D eigenvalue weighted by Crippen LogP contribution is 2.21. The zero-order valence-corrected chi connectivity index (χ0v) is 11.4. The van der Waals surface area contributed by atoms with Crippen molar-refractivity contribution in [3.8, 4) is 11.5 Å². The molecule has 0 radical (unpaired) electrons. The number of non-ortho nitro benzene ring substituents is 1. The first-order valence-corrected chi connectivity index (χ1v) is 6.54. The summed E-state index contributed by atoms with van der Waals surface area (Å²) in [6, 6.07) is 15.7. The van der Waals surface area contributed by atoms with Crippen LogP contribution in [0, 0.1) is 10.1 Å². The van der Waals surface area contributed by atoms with Gasteiger partial charge in [-0.3, -0.25) is 10.1 Å². The van der Waals surface area contributed by atoms with Crippen molar-refractivity contribution in [3.05, 3.63) is 76.2 Å². The van der Waals surface area contributed by atoms with Crippen molar-refractivity contribution in [2.45, 2.75) is 0 Å². The summed E-state index contributed by atoms with van der Waals surface area (Å²) in [5.41, 5.74) is 1.68. The lowest BCUT2D eigenvalue weighted by Crippen LogP contribution is -1.87. The van der Waals surface area contributed by atoms with Crippen LogP contribution in [0.15, 0.2) is 59.0 Å². The fraction of sp³-hybridized carbons (Fsp3) is 0. The minimum atomic E-state index is -0.453. The van der Waals surface area contributed by atoms with E-state index in [4.69, 9.17) is 4.42 Å². The van der Waals surface area contributed by atoms with Crippen LogP contribution in [0.1, 0.15) is 11.5 Å². The first kappa shape index (κ1) is 13.7. The van der Waals surface area contributed by atoms with Gasteiger partial charge in [0.2, 0.25) is 11.8 Å². The molecule has 0 spiro atoms.